The molecule has 1 spiro atoms. The second kappa shape index (κ2) is 27.6. The Bertz CT molecular complexity index is 3470. The molecule has 0 saturated carbocycles. The van der Waals surface area contributed by atoms with E-state index in [-0.39, 0.29) is 84.5 Å². The first-order chi connectivity index (χ1) is 40.6. The molecule has 8 bridgehead atoms. The number of hydrogen-bond acceptors (Lipinski definition) is 25. The predicted octanol–water partition coefficient (Wildman–Crippen LogP) is 0.676. The van der Waals surface area contributed by atoms with E-state index in [9.17, 15) is 63.6 Å². The number of primary amides is 1. The van der Waals surface area contributed by atoms with Crippen molar-refractivity contribution in [3.05, 3.63) is 113 Å². The third-order valence-corrected chi connectivity index (χ3v) is 18.3. The minimum Gasteiger partial charge on any atom is -0.445 e. The lowest BCUT2D eigenvalue weighted by Gasteiger charge is -2.34. The van der Waals surface area contributed by atoms with Gasteiger partial charge in [-0.05, 0) is 54.4 Å². The van der Waals surface area contributed by atoms with Crippen molar-refractivity contribution < 1.29 is 68.3 Å². The summed E-state index contributed by atoms with van der Waals surface area (Å²) in [7, 11) is 0. The predicted molar refractivity (Wildman–Crippen MR) is 318 cm³/mol. The number of thiazole rings is 4. The lowest BCUT2D eigenvalue weighted by atomic mass is 9.86. The van der Waals surface area contributed by atoms with Crippen LogP contribution in [0.1, 0.15) is 130 Å². The van der Waals surface area contributed by atoms with Crippen LogP contribution in [0.25, 0.3) is 0 Å². The van der Waals surface area contributed by atoms with Crippen molar-refractivity contribution in [3.63, 3.8) is 0 Å². The van der Waals surface area contributed by atoms with Gasteiger partial charge in [-0.25, -0.2) is 24.7 Å². The third-order valence-electron chi connectivity index (χ3n) is 13.5. The molecule has 3 aliphatic heterocycles. The van der Waals surface area contributed by atoms with Crippen LogP contribution in [0.2, 0.25) is 0 Å². The SMILES string of the molecule is C=CCOC(=O)N[C@@H](C)C(=O)N[C@H]1c2csc(n2)[C@H]([C@@H](C)O)NC(=O)c2csc(n2)[C@H]([C@](C)(O)[C@@H](C)O)NC(=O)[C@H]2CSC(=N2)/C(=C/C)NC(=O)[C@@H]([C@@H](C)O)NC(=O)c2csc(n2)[C@]12CCC(c1nc(C(=O)NC(=C)C(=O)NC(=C)C(N)=O)cs1)=N2. The van der Waals surface area contributed by atoms with Crippen LogP contribution in [0.15, 0.2) is 80.5 Å². The molecule has 0 fully saturated rings. The molecule has 86 heavy (non-hydrogen) atoms. The van der Waals surface area contributed by atoms with Crippen molar-refractivity contribution in [1.29, 1.82) is 0 Å². The molecule has 458 valence electrons. The van der Waals surface area contributed by atoms with Crippen molar-refractivity contribution in [2.24, 2.45) is 15.7 Å². The van der Waals surface area contributed by atoms with Gasteiger partial charge in [0.25, 0.3) is 29.5 Å². The van der Waals surface area contributed by atoms with E-state index in [1.807, 2.05) is 0 Å². The third kappa shape index (κ3) is 14.8. The number of alkyl carbamates (subject to hydrolysis) is 1. The Morgan fingerprint density at radius 2 is 1.52 bits per heavy atom. The Kier molecular flexibility index (Phi) is 21.0. The van der Waals surface area contributed by atoms with Crippen molar-refractivity contribution in [2.75, 3.05) is 12.4 Å². The second-order valence-corrected chi connectivity index (χ2v) is 24.3. The van der Waals surface area contributed by atoms with E-state index in [0.717, 1.165) is 57.1 Å². The van der Waals surface area contributed by atoms with E-state index in [1.54, 1.807) is 6.92 Å². The molecule has 11 atom stereocenters. The largest absolute Gasteiger partial charge is 0.445 e. The van der Waals surface area contributed by atoms with Crippen molar-refractivity contribution in [3.8, 4) is 0 Å². The van der Waals surface area contributed by atoms with E-state index in [2.05, 4.69) is 77.2 Å². The van der Waals surface area contributed by atoms with Gasteiger partial charge >= 0.3 is 6.09 Å². The summed E-state index contributed by atoms with van der Waals surface area (Å²) in [5, 5.41) is 71.4. The van der Waals surface area contributed by atoms with E-state index >= 15 is 0 Å². The highest BCUT2D eigenvalue weighted by Gasteiger charge is 2.51. The number of aliphatic imine (C=N–C) groups is 2. The summed E-state index contributed by atoms with van der Waals surface area (Å²) in [5.74, 6) is -7.03. The number of thioether (sulfide) groups is 1. The molecule has 7 heterocycles. The molecule has 3 aliphatic rings. The summed E-state index contributed by atoms with van der Waals surface area (Å²) in [5.41, 5.74) is 0.0891. The number of nitrogens with one attached hydrogen (secondary N) is 8. The molecular formula is C52H61N15O14S5. The lowest BCUT2D eigenvalue weighted by molar-refractivity contribution is -0.128. The van der Waals surface area contributed by atoms with Gasteiger partial charge in [0, 0.05) is 27.3 Å². The molecule has 4 aromatic rings. The molecule has 0 aromatic carbocycles. The molecule has 29 nitrogen and oxygen atoms in total. The van der Waals surface area contributed by atoms with Crippen LogP contribution < -0.4 is 48.3 Å². The maximum atomic E-state index is 14.5. The van der Waals surface area contributed by atoms with E-state index in [4.69, 9.17) is 25.4 Å². The average molecular weight is 1280 g/mol. The molecule has 7 rings (SSSR count). The summed E-state index contributed by atoms with van der Waals surface area (Å²) in [4.78, 5) is 150. The minimum atomic E-state index is -2.08. The fourth-order valence-corrected chi connectivity index (χ4v) is 13.3. The summed E-state index contributed by atoms with van der Waals surface area (Å²) in [6.45, 7) is 18.4. The number of nitrogens with two attached hydrogens (primary N) is 1. The zero-order chi connectivity index (χ0) is 63.1. The maximum absolute atomic E-state index is 14.5. The van der Waals surface area contributed by atoms with Gasteiger partial charge in [0.15, 0.2) is 0 Å². The number of nitrogens with zero attached hydrogens (tertiary/aromatic N) is 6. The van der Waals surface area contributed by atoms with Gasteiger partial charge in [-0.15, -0.1) is 57.1 Å². The Morgan fingerprint density at radius 3 is 2.17 bits per heavy atom. The highest BCUT2D eigenvalue weighted by molar-refractivity contribution is 8.14. The first-order valence-electron chi connectivity index (χ1n) is 26.0. The molecule has 14 N–H and O–H groups in total. The van der Waals surface area contributed by atoms with Crippen LogP contribution in [0.4, 0.5) is 4.79 Å². The Morgan fingerprint density at radius 1 is 0.860 bits per heavy atom. The number of aliphatic hydroxyl groups excluding tert-OH is 3. The standard InChI is InChI=1S/C52H61N15O14S5/c1-10-14-81-50(79)56-22(5)39(73)65-35-28-15-84-47(58-28)34(24(7)69)64-41(75)30-18-85-48(61-30)36(51(9,80)25(8)70)66-43(77)31-17-82-45(59-31)26(11-2)57-44(78)33(23(6)68)63-42(76)32-19-86-49(62-32)52(35)13-12-27(67-52)46-60-29(16-83-46)40(74)55-21(4)38(72)54-20(3)37(53)71/h10-11,15-16,18-19,22-25,31,33-36,68-70,80H,1,3-4,12-14,17H2,2,5-9H3,(H2,53,71)(H,54,72)(H,55,74)(H,56,79)(H,57,78)(H,63,76)(H,64,75)(H,65,73)(H,66,77)/b26-11-/t22-,23+,24+,25+,31+,33+,34-,35-,36+,51+,52-/m0/s1. The number of amides is 9. The van der Waals surface area contributed by atoms with Crippen molar-refractivity contribution in [1.82, 2.24) is 62.5 Å². The van der Waals surface area contributed by atoms with Crippen LogP contribution in [0.3, 0.4) is 0 Å². The Hall–Kier alpha value is -7.96. The normalized spacial score (nSPS) is 23.5. The fourth-order valence-electron chi connectivity index (χ4n) is 8.42. The Balaban J connectivity index is 1.37. The molecule has 0 aliphatic carbocycles. The smallest absolute Gasteiger partial charge is 0.408 e. The van der Waals surface area contributed by atoms with Crippen molar-refractivity contribution in [2.45, 2.75) is 120 Å². The number of hydrogen-bond donors (Lipinski definition) is 13. The zero-order valence-corrected chi connectivity index (χ0v) is 50.9. The number of allylic oxidation sites excluding steroid dienone is 1. The van der Waals surface area contributed by atoms with Gasteiger partial charge in [-0.1, -0.05) is 31.9 Å². The molecule has 34 heteroatoms. The summed E-state index contributed by atoms with van der Waals surface area (Å²) < 4.78 is 5.07. The molecule has 0 unspecified atom stereocenters. The molecule has 9 amide bonds. The second-order valence-electron chi connectivity index (χ2n) is 19.8. The number of ether oxygens (including phenoxy) is 1. The van der Waals surface area contributed by atoms with E-state index in [0.29, 0.717) is 0 Å². The van der Waals surface area contributed by atoms with Crippen molar-refractivity contribution >= 4 is 121 Å². The number of carbonyl (C=O) groups excluding carboxylic acids is 9. The number of aliphatic hydroxyl groups is 4. The fraction of sp³-hybridized carbons (Fsp3) is 0.404. The van der Waals surface area contributed by atoms with Gasteiger partial charge in [-0.2, -0.15) is 0 Å². The zero-order valence-electron chi connectivity index (χ0n) is 46.8. The maximum Gasteiger partial charge on any atom is 0.408 e. The number of fused-ring (bicyclic) bond motifs is 8. The number of carbonyl (C=O) groups is 9. The quantitative estimate of drug-likeness (QED) is 0.0575. The first-order valence-corrected chi connectivity index (χ1v) is 30.5. The monoisotopic (exact) mass is 1280 g/mol. The summed E-state index contributed by atoms with van der Waals surface area (Å²) in [6.07, 6.45) is -2.50. The topological polar surface area (TPSA) is 442 Å². The summed E-state index contributed by atoms with van der Waals surface area (Å²) >= 11 is 4.82. The van der Waals surface area contributed by atoms with E-state index < -0.39 is 130 Å². The average Bonchev–Trinajstić information content (AvgIpc) is 1.64. The lowest BCUT2D eigenvalue weighted by Crippen LogP contribution is -2.52. The minimum absolute atomic E-state index is 0.00430. The highest BCUT2D eigenvalue weighted by atomic mass is 32.2. The van der Waals surface area contributed by atoms with Crippen LogP contribution in [-0.2, 0) is 34.2 Å². The molecular weight excluding hydrogens is 1220 g/mol. The summed E-state index contributed by atoms with van der Waals surface area (Å²) in [6, 6.07) is -8.17. The molecule has 0 saturated heterocycles. The molecule has 4 aromatic heterocycles. The van der Waals surface area contributed by atoms with Gasteiger partial charge in [-0.3, -0.25) is 48.3 Å². The highest BCUT2D eigenvalue weighted by Crippen LogP contribution is 2.49. The van der Waals surface area contributed by atoms with Gasteiger partial charge in [0.05, 0.1) is 46.8 Å². The van der Waals surface area contributed by atoms with E-state index in [1.165, 1.54) is 68.3 Å². The van der Waals surface area contributed by atoms with Gasteiger partial charge < -0.3 is 73.4 Å². The number of rotatable bonds is 15. The Labute approximate surface area is 510 Å². The van der Waals surface area contributed by atoms with Crippen LogP contribution in [0.5, 0.6) is 0 Å². The van der Waals surface area contributed by atoms with Gasteiger partial charge in [0.2, 0.25) is 17.7 Å². The first kappa shape index (κ1) is 65.6. The van der Waals surface area contributed by atoms with Crippen LogP contribution >= 0.6 is 57.1 Å². The van der Waals surface area contributed by atoms with Gasteiger partial charge in [0.1, 0.15) is 96.2 Å². The number of aromatic nitrogens is 4. The van der Waals surface area contributed by atoms with Crippen LogP contribution in [-0.4, -0.2) is 159 Å². The molecule has 0 radical (unpaired) electrons. The van der Waals surface area contributed by atoms with Crippen LogP contribution in [0, 0.1) is 0 Å².